The molecule has 2 saturated heterocycles. The summed E-state index contributed by atoms with van der Waals surface area (Å²) in [4.78, 5) is 36.2. The van der Waals surface area contributed by atoms with Gasteiger partial charge in [-0.3, -0.25) is 14.5 Å². The lowest BCUT2D eigenvalue weighted by molar-refractivity contribution is -0.119. The van der Waals surface area contributed by atoms with Crippen LogP contribution in [0.1, 0.15) is 58.0 Å². The first-order valence-electron chi connectivity index (χ1n) is 17.2. The Hall–Kier alpha value is -4.26. The van der Waals surface area contributed by atoms with Crippen LogP contribution in [-0.2, 0) is 24.3 Å². The highest BCUT2D eigenvalue weighted by atomic mass is 35.5. The van der Waals surface area contributed by atoms with E-state index in [4.69, 9.17) is 32.7 Å². The van der Waals surface area contributed by atoms with Gasteiger partial charge in [0.1, 0.15) is 16.9 Å². The molecule has 4 heterocycles. The average molecular weight is 732 g/mol. The molecule has 2 atom stereocenters. The van der Waals surface area contributed by atoms with E-state index in [1.165, 1.54) is 0 Å². The lowest BCUT2D eigenvalue weighted by Gasteiger charge is -2.38. The van der Waals surface area contributed by atoms with Crippen molar-refractivity contribution in [3.05, 3.63) is 98.7 Å². The molecule has 0 spiro atoms. The Balaban J connectivity index is 1.02. The number of methoxy groups -OCH3 is 1. The van der Waals surface area contributed by atoms with Gasteiger partial charge in [0.15, 0.2) is 0 Å². The SMILES string of the molecule is COc1nc(O[C@H]2CCc3c(-c4cccc(C(=O)Nc5ccc(CN6CC(CO)C6)cn5)c4Cl)cccc32)c(Cl)cc1CNC[C@@H]1CCC(=O)N1. The second kappa shape index (κ2) is 15.5. The normalized spacial score (nSPS) is 18.6. The highest BCUT2D eigenvalue weighted by Gasteiger charge is 2.30. The van der Waals surface area contributed by atoms with E-state index in [9.17, 15) is 14.7 Å². The average Bonchev–Trinajstić information content (AvgIpc) is 3.73. The molecule has 2 aliphatic heterocycles. The summed E-state index contributed by atoms with van der Waals surface area (Å²) in [7, 11) is 1.56. The van der Waals surface area contributed by atoms with Crippen molar-refractivity contribution in [3.63, 3.8) is 0 Å². The van der Waals surface area contributed by atoms with E-state index in [1.54, 1.807) is 31.5 Å². The molecule has 51 heavy (non-hydrogen) atoms. The van der Waals surface area contributed by atoms with Crippen LogP contribution in [0, 0.1) is 5.92 Å². The van der Waals surface area contributed by atoms with Gasteiger partial charge >= 0.3 is 0 Å². The molecule has 2 fully saturated rings. The van der Waals surface area contributed by atoms with Gasteiger partial charge in [-0.05, 0) is 59.7 Å². The third kappa shape index (κ3) is 7.83. The number of hydrogen-bond donors (Lipinski definition) is 4. The fraction of sp³-hybridized carbons (Fsp3) is 0.368. The zero-order valence-corrected chi connectivity index (χ0v) is 29.8. The summed E-state index contributed by atoms with van der Waals surface area (Å²) in [5.41, 5.74) is 5.98. The maximum Gasteiger partial charge on any atom is 0.258 e. The Morgan fingerprint density at radius 2 is 1.88 bits per heavy atom. The van der Waals surface area contributed by atoms with Crippen molar-refractivity contribution in [2.24, 2.45) is 5.92 Å². The van der Waals surface area contributed by atoms with Crippen molar-refractivity contribution in [3.8, 4) is 22.9 Å². The summed E-state index contributed by atoms with van der Waals surface area (Å²) in [5.74, 6) is 1.23. The van der Waals surface area contributed by atoms with Gasteiger partial charge in [-0.1, -0.05) is 59.6 Å². The van der Waals surface area contributed by atoms with Gasteiger partial charge in [0.25, 0.3) is 5.91 Å². The van der Waals surface area contributed by atoms with E-state index < -0.39 is 0 Å². The van der Waals surface area contributed by atoms with E-state index in [0.717, 1.165) is 65.9 Å². The summed E-state index contributed by atoms with van der Waals surface area (Å²) in [6.45, 7) is 3.84. The fourth-order valence-electron chi connectivity index (χ4n) is 7.09. The lowest BCUT2D eigenvalue weighted by atomic mass is 9.95. The molecule has 0 saturated carbocycles. The van der Waals surface area contributed by atoms with Gasteiger partial charge in [-0.25, -0.2) is 4.98 Å². The minimum atomic E-state index is -0.344. The molecular formula is C38H40Cl2N6O5. The van der Waals surface area contributed by atoms with Crippen LogP contribution in [0.25, 0.3) is 11.1 Å². The number of carbonyl (C=O) groups is 2. The Morgan fingerprint density at radius 1 is 1.06 bits per heavy atom. The smallest absolute Gasteiger partial charge is 0.258 e. The van der Waals surface area contributed by atoms with Crippen LogP contribution in [-0.4, -0.2) is 71.2 Å². The monoisotopic (exact) mass is 730 g/mol. The molecule has 4 aromatic rings. The molecule has 0 radical (unpaired) electrons. The van der Waals surface area contributed by atoms with Crippen LogP contribution < -0.4 is 25.4 Å². The summed E-state index contributed by atoms with van der Waals surface area (Å²) in [5, 5.41) is 19.2. The molecule has 2 aromatic heterocycles. The summed E-state index contributed by atoms with van der Waals surface area (Å²) in [6.07, 6.45) is 4.29. The highest BCUT2D eigenvalue weighted by molar-refractivity contribution is 6.37. The number of pyridine rings is 2. The van der Waals surface area contributed by atoms with Crippen molar-refractivity contribution in [2.75, 3.05) is 38.7 Å². The summed E-state index contributed by atoms with van der Waals surface area (Å²) >= 11 is 13.6. The third-order valence-corrected chi connectivity index (χ3v) is 10.4. The van der Waals surface area contributed by atoms with E-state index in [2.05, 4.69) is 30.8 Å². The number of carbonyl (C=O) groups excluding carboxylic acids is 2. The Bertz CT molecular complexity index is 1920. The fourth-order valence-corrected chi connectivity index (χ4v) is 7.62. The summed E-state index contributed by atoms with van der Waals surface area (Å²) < 4.78 is 12.0. The molecule has 7 rings (SSSR count). The van der Waals surface area contributed by atoms with Gasteiger partial charge in [0.2, 0.25) is 17.7 Å². The van der Waals surface area contributed by atoms with Crippen molar-refractivity contribution in [1.29, 1.82) is 0 Å². The van der Waals surface area contributed by atoms with Gasteiger partial charge < -0.3 is 30.5 Å². The maximum atomic E-state index is 13.4. The molecule has 13 heteroatoms. The van der Waals surface area contributed by atoms with Crippen molar-refractivity contribution < 1.29 is 24.2 Å². The number of benzene rings is 2. The molecule has 3 aliphatic rings. The Morgan fingerprint density at radius 3 is 2.63 bits per heavy atom. The molecule has 1 aliphatic carbocycles. The quantitative estimate of drug-likeness (QED) is 0.139. The van der Waals surface area contributed by atoms with Crippen LogP contribution in [0.4, 0.5) is 5.82 Å². The predicted molar refractivity (Wildman–Crippen MR) is 195 cm³/mol. The number of rotatable bonds is 13. The molecule has 266 valence electrons. The second-order valence-electron chi connectivity index (χ2n) is 13.3. The topological polar surface area (TPSA) is 138 Å². The molecule has 11 nitrogen and oxygen atoms in total. The van der Waals surface area contributed by atoms with Crippen molar-refractivity contribution >= 4 is 40.8 Å². The molecule has 0 unspecified atom stereocenters. The standard InChI is InChI=1S/C38H40Cl2N6O5/c1-50-37-24(16-41-17-25-9-13-34(48)43-25)14-31(39)38(45-37)51-32-11-10-27-26(4-2-5-28(27)32)29-6-3-7-30(35(29)40)36(49)44-33-12-8-22(15-42-33)18-46-19-23(20-46)21-47/h2-8,12,14-15,23,25,32,41,47H,9-11,13,16-21H2,1H3,(H,43,48)(H,42,44,49)/t25-,32-/m0/s1. The number of aliphatic hydroxyl groups is 1. The van der Waals surface area contributed by atoms with Crippen molar-refractivity contribution in [2.45, 2.75) is 50.9 Å². The number of halogens is 2. The minimum absolute atomic E-state index is 0.0816. The Kier molecular flexibility index (Phi) is 10.7. The third-order valence-electron chi connectivity index (χ3n) is 9.73. The molecule has 2 aromatic carbocycles. The van der Waals surface area contributed by atoms with Crippen LogP contribution in [0.3, 0.4) is 0 Å². The van der Waals surface area contributed by atoms with E-state index in [-0.39, 0.29) is 36.4 Å². The summed E-state index contributed by atoms with van der Waals surface area (Å²) in [6, 6.07) is 17.1. The first-order chi connectivity index (χ1) is 24.8. The van der Waals surface area contributed by atoms with E-state index >= 15 is 0 Å². The largest absolute Gasteiger partial charge is 0.481 e. The number of anilines is 1. The number of aliphatic hydroxyl groups excluding tert-OH is 1. The molecule has 2 amide bonds. The van der Waals surface area contributed by atoms with Gasteiger partial charge in [0.05, 0.1) is 17.7 Å². The van der Waals surface area contributed by atoms with E-state index in [1.807, 2.05) is 36.4 Å². The van der Waals surface area contributed by atoms with Crippen LogP contribution >= 0.6 is 23.2 Å². The number of aromatic nitrogens is 2. The van der Waals surface area contributed by atoms with Gasteiger partial charge in [-0.2, -0.15) is 4.98 Å². The maximum absolute atomic E-state index is 13.4. The number of amides is 2. The van der Waals surface area contributed by atoms with Crippen LogP contribution in [0.15, 0.2) is 60.8 Å². The van der Waals surface area contributed by atoms with Gasteiger partial charge in [-0.15, -0.1) is 0 Å². The van der Waals surface area contributed by atoms with E-state index in [0.29, 0.717) is 59.2 Å². The zero-order chi connectivity index (χ0) is 35.5. The molecular weight excluding hydrogens is 691 g/mol. The minimum Gasteiger partial charge on any atom is -0.481 e. The number of ether oxygens (including phenoxy) is 2. The number of nitrogens with zero attached hydrogens (tertiary/aromatic N) is 3. The molecule has 4 N–H and O–H groups in total. The molecule has 0 bridgehead atoms. The lowest BCUT2D eigenvalue weighted by Crippen LogP contribution is -2.47. The van der Waals surface area contributed by atoms with Crippen molar-refractivity contribution in [1.82, 2.24) is 25.5 Å². The first-order valence-corrected chi connectivity index (χ1v) is 18.0. The van der Waals surface area contributed by atoms with Crippen LogP contribution in [0.2, 0.25) is 10.0 Å². The number of likely N-dealkylation sites (tertiary alicyclic amines) is 1. The first kappa shape index (κ1) is 35.2. The Labute approximate surface area is 306 Å². The predicted octanol–water partition coefficient (Wildman–Crippen LogP) is 5.57. The second-order valence-corrected chi connectivity index (χ2v) is 14.1. The van der Waals surface area contributed by atoms with Gasteiger partial charge in [0, 0.05) is 75.0 Å². The number of nitrogens with one attached hydrogen (secondary N) is 3. The number of fused-ring (bicyclic) bond motifs is 1. The highest BCUT2D eigenvalue weighted by Crippen LogP contribution is 2.43. The zero-order valence-electron chi connectivity index (χ0n) is 28.3. The van der Waals surface area contributed by atoms with Crippen LogP contribution in [0.5, 0.6) is 11.8 Å². The number of hydrogen-bond acceptors (Lipinski definition) is 9.